The normalized spacial score (nSPS) is 42.7. The van der Waals surface area contributed by atoms with Crippen molar-refractivity contribution in [2.24, 2.45) is 23.3 Å². The van der Waals surface area contributed by atoms with E-state index in [9.17, 15) is 0 Å². The summed E-state index contributed by atoms with van der Waals surface area (Å²) in [7, 11) is 0. The van der Waals surface area contributed by atoms with Crippen LogP contribution in [0, 0.1) is 11.8 Å². The summed E-state index contributed by atoms with van der Waals surface area (Å²) < 4.78 is 0. The fourth-order valence-electron chi connectivity index (χ4n) is 9.05. The molecule has 4 heteroatoms. The van der Waals surface area contributed by atoms with Gasteiger partial charge in [-0.05, 0) is 78.1 Å². The third kappa shape index (κ3) is 6.78. The number of nitrogens with one attached hydrogen (secondary N) is 2. The molecule has 4 nitrogen and oxygen atoms in total. The number of likely N-dealkylation sites (tertiary alicyclic amines) is 2. The highest BCUT2D eigenvalue weighted by Gasteiger charge is 2.45. The lowest BCUT2D eigenvalue weighted by Crippen LogP contribution is -3.21. The van der Waals surface area contributed by atoms with Gasteiger partial charge in [0.15, 0.2) is 0 Å². The van der Waals surface area contributed by atoms with Gasteiger partial charge in [-0.1, -0.05) is 38.5 Å². The molecule has 0 radical (unpaired) electrons. The maximum absolute atomic E-state index is 6.55. The van der Waals surface area contributed by atoms with Gasteiger partial charge in [-0.25, -0.2) is 0 Å². The zero-order valence-corrected chi connectivity index (χ0v) is 22.9. The van der Waals surface area contributed by atoms with E-state index < -0.39 is 0 Å². The van der Waals surface area contributed by atoms with Crippen LogP contribution in [0.5, 0.6) is 0 Å². The number of hydrogen-bond acceptors (Lipinski definition) is 2. The van der Waals surface area contributed by atoms with Crippen LogP contribution in [-0.4, -0.2) is 49.3 Å². The van der Waals surface area contributed by atoms with E-state index in [1.165, 1.54) is 129 Å². The van der Waals surface area contributed by atoms with Gasteiger partial charge in [0.25, 0.3) is 0 Å². The summed E-state index contributed by atoms with van der Waals surface area (Å²) in [6.45, 7) is 7.74. The summed E-state index contributed by atoms with van der Waals surface area (Å²) in [5, 5.41) is 0. The molecule has 0 spiro atoms. The molecule has 4 fully saturated rings. The van der Waals surface area contributed by atoms with Crippen molar-refractivity contribution in [3.63, 3.8) is 0 Å². The standard InChI is InChI=1S/C30H58N4/c1-23-21-27(31)25-15-9-11-17-29(25)33(23)19-13-7-5-3-4-6-8-14-20-34-24(2)22-28(32)26-16-10-12-18-30(26)34/h23-30H,3-22,31-32H2,1-2H3/p+2. The van der Waals surface area contributed by atoms with Gasteiger partial charge >= 0.3 is 0 Å². The Kier molecular flexibility index (Phi) is 10.6. The summed E-state index contributed by atoms with van der Waals surface area (Å²) in [5.41, 5.74) is 13.1. The predicted octanol–water partition coefficient (Wildman–Crippen LogP) is 3.23. The lowest BCUT2D eigenvalue weighted by atomic mass is 9.73. The number of nitrogens with two attached hydrogens (primary N) is 2. The van der Waals surface area contributed by atoms with Crippen LogP contribution in [0.1, 0.15) is 129 Å². The number of unbranched alkanes of at least 4 members (excludes halogenated alkanes) is 7. The number of rotatable bonds is 11. The fourth-order valence-corrected chi connectivity index (χ4v) is 9.05. The monoisotopic (exact) mass is 476 g/mol. The van der Waals surface area contributed by atoms with E-state index in [0.717, 1.165) is 36.0 Å². The lowest BCUT2D eigenvalue weighted by molar-refractivity contribution is -0.959. The fraction of sp³-hybridized carbons (Fsp3) is 1.00. The van der Waals surface area contributed by atoms with E-state index in [-0.39, 0.29) is 0 Å². The number of quaternary nitrogens is 2. The molecule has 2 aliphatic heterocycles. The van der Waals surface area contributed by atoms with Gasteiger partial charge in [-0.3, -0.25) is 0 Å². The van der Waals surface area contributed by atoms with Gasteiger partial charge in [0.1, 0.15) is 0 Å². The maximum atomic E-state index is 6.55. The predicted molar refractivity (Wildman–Crippen MR) is 144 cm³/mol. The minimum absolute atomic E-state index is 0.477. The van der Waals surface area contributed by atoms with E-state index in [0.29, 0.717) is 12.1 Å². The van der Waals surface area contributed by atoms with Gasteiger partial charge in [0.05, 0.1) is 37.3 Å². The topological polar surface area (TPSA) is 60.9 Å². The summed E-state index contributed by atoms with van der Waals surface area (Å²) in [5.74, 6) is 1.63. The van der Waals surface area contributed by atoms with Crippen LogP contribution in [0.2, 0.25) is 0 Å². The molecule has 4 aliphatic rings. The zero-order chi connectivity index (χ0) is 23.9. The van der Waals surface area contributed by atoms with E-state index in [1.54, 1.807) is 0 Å². The third-order valence-corrected chi connectivity index (χ3v) is 10.9. The molecule has 34 heavy (non-hydrogen) atoms. The van der Waals surface area contributed by atoms with E-state index in [4.69, 9.17) is 11.5 Å². The van der Waals surface area contributed by atoms with Crippen molar-refractivity contribution in [3.05, 3.63) is 0 Å². The lowest BCUT2D eigenvalue weighted by Gasteiger charge is -2.47. The average Bonchev–Trinajstić information content (AvgIpc) is 2.83. The Bertz CT molecular complexity index is 532. The molecular weight excluding hydrogens is 416 g/mol. The second-order valence-corrected chi connectivity index (χ2v) is 13.2. The van der Waals surface area contributed by atoms with Crippen molar-refractivity contribution < 1.29 is 9.80 Å². The van der Waals surface area contributed by atoms with Crippen LogP contribution in [0.3, 0.4) is 0 Å². The minimum Gasteiger partial charge on any atom is -0.330 e. The van der Waals surface area contributed by atoms with Crippen LogP contribution in [0.15, 0.2) is 0 Å². The molecule has 2 heterocycles. The zero-order valence-electron chi connectivity index (χ0n) is 22.9. The van der Waals surface area contributed by atoms with Crippen LogP contribution >= 0.6 is 0 Å². The Hall–Kier alpha value is -0.160. The van der Waals surface area contributed by atoms with Gasteiger partial charge < -0.3 is 21.3 Å². The molecule has 2 saturated heterocycles. The summed E-state index contributed by atoms with van der Waals surface area (Å²) in [4.78, 5) is 3.84. The highest BCUT2D eigenvalue weighted by molar-refractivity contribution is 4.89. The van der Waals surface area contributed by atoms with Crippen molar-refractivity contribution in [1.82, 2.24) is 0 Å². The van der Waals surface area contributed by atoms with Gasteiger partial charge in [-0.2, -0.15) is 0 Å². The molecule has 0 aromatic rings. The second-order valence-electron chi connectivity index (χ2n) is 13.2. The minimum atomic E-state index is 0.477. The van der Waals surface area contributed by atoms with Crippen LogP contribution in [0.4, 0.5) is 0 Å². The molecule has 6 N–H and O–H groups in total. The Labute approximate surface area is 211 Å². The van der Waals surface area contributed by atoms with E-state index in [2.05, 4.69) is 13.8 Å². The van der Waals surface area contributed by atoms with Crippen molar-refractivity contribution in [2.75, 3.05) is 13.1 Å². The molecule has 10 unspecified atom stereocenters. The highest BCUT2D eigenvalue weighted by atomic mass is 15.2. The molecule has 0 aromatic carbocycles. The van der Waals surface area contributed by atoms with Crippen molar-refractivity contribution in [1.29, 1.82) is 0 Å². The van der Waals surface area contributed by atoms with Crippen molar-refractivity contribution in [2.45, 2.75) is 166 Å². The largest absolute Gasteiger partial charge is 0.330 e. The second kappa shape index (κ2) is 13.4. The Morgan fingerprint density at radius 1 is 0.529 bits per heavy atom. The Morgan fingerprint density at radius 2 is 0.882 bits per heavy atom. The Balaban J connectivity index is 1.04. The van der Waals surface area contributed by atoms with Crippen LogP contribution < -0.4 is 21.3 Å². The van der Waals surface area contributed by atoms with Crippen LogP contribution in [-0.2, 0) is 0 Å². The summed E-state index contributed by atoms with van der Waals surface area (Å²) in [6, 6.07) is 4.25. The first-order valence-electron chi connectivity index (χ1n) is 15.8. The average molecular weight is 477 g/mol. The third-order valence-electron chi connectivity index (χ3n) is 10.9. The molecule has 2 aliphatic carbocycles. The smallest absolute Gasteiger partial charge is 0.0920 e. The van der Waals surface area contributed by atoms with Crippen molar-refractivity contribution in [3.8, 4) is 0 Å². The molecule has 4 rings (SSSR count). The first-order valence-corrected chi connectivity index (χ1v) is 15.8. The van der Waals surface area contributed by atoms with Gasteiger partial charge in [0.2, 0.25) is 0 Å². The maximum Gasteiger partial charge on any atom is 0.0920 e. The highest BCUT2D eigenvalue weighted by Crippen LogP contribution is 2.30. The molecule has 0 aromatic heterocycles. The quantitative estimate of drug-likeness (QED) is 0.346. The summed E-state index contributed by atoms with van der Waals surface area (Å²) >= 11 is 0. The number of fused-ring (bicyclic) bond motifs is 2. The first kappa shape index (κ1) is 26.9. The van der Waals surface area contributed by atoms with Gasteiger partial charge in [0, 0.05) is 36.8 Å². The molecule has 2 saturated carbocycles. The van der Waals surface area contributed by atoms with E-state index in [1.807, 2.05) is 9.80 Å². The van der Waals surface area contributed by atoms with Gasteiger partial charge in [-0.15, -0.1) is 0 Å². The molecular formula is C30H60N4+2. The molecule has 10 atom stereocenters. The number of piperidine rings is 2. The summed E-state index contributed by atoms with van der Waals surface area (Å²) in [6.07, 6.45) is 25.4. The van der Waals surface area contributed by atoms with E-state index >= 15 is 0 Å². The molecule has 0 amide bonds. The number of hydrogen-bond donors (Lipinski definition) is 4. The Morgan fingerprint density at radius 3 is 1.29 bits per heavy atom. The molecule has 198 valence electrons. The SMILES string of the molecule is CC1CC(N)C2CCCCC2[NH+]1CCCCCCCCCC[NH+]1C(C)CC(N)C2CCCCC21. The van der Waals surface area contributed by atoms with Crippen molar-refractivity contribution >= 4 is 0 Å². The molecule has 0 bridgehead atoms. The van der Waals surface area contributed by atoms with Crippen LogP contribution in [0.25, 0.3) is 0 Å². The first-order chi connectivity index (χ1) is 16.6.